The number of phosphoric ester groups is 1. The fraction of sp³-hybridized carbons (Fsp3) is 0.894. The average Bonchev–Trinajstić information content (AvgIpc) is 3.15. The third-order valence-corrected chi connectivity index (χ3v) is 11.7. The van der Waals surface area contributed by atoms with E-state index in [0.29, 0.717) is 23.9 Å². The SMILES string of the molecule is CCCCCC/C=C\C/C=C\CCCCCCCC(=O)NC(COP(=O)([O-])OCC[N+](C)(C)C)C(O)CCCCCCCCCCCCCCCCCCCC. The van der Waals surface area contributed by atoms with Crippen LogP contribution in [0.4, 0.5) is 0 Å². The second-order valence-corrected chi connectivity index (χ2v) is 18.9. The molecule has 3 unspecified atom stereocenters. The molecule has 1 amide bonds. The van der Waals surface area contributed by atoms with Crippen molar-refractivity contribution >= 4 is 13.7 Å². The van der Waals surface area contributed by atoms with Crippen molar-refractivity contribution in [2.75, 3.05) is 40.9 Å². The van der Waals surface area contributed by atoms with Crippen LogP contribution in [0.5, 0.6) is 0 Å². The van der Waals surface area contributed by atoms with Gasteiger partial charge in [0.1, 0.15) is 13.2 Å². The number of carbonyl (C=O) groups excluding carboxylic acids is 1. The van der Waals surface area contributed by atoms with Gasteiger partial charge in [0.15, 0.2) is 0 Å². The van der Waals surface area contributed by atoms with Crippen LogP contribution in [0.2, 0.25) is 0 Å². The van der Waals surface area contributed by atoms with E-state index >= 15 is 0 Å². The van der Waals surface area contributed by atoms with E-state index in [-0.39, 0.29) is 19.1 Å². The lowest BCUT2D eigenvalue weighted by molar-refractivity contribution is -0.870. The van der Waals surface area contributed by atoms with E-state index in [9.17, 15) is 19.4 Å². The maximum absolute atomic E-state index is 12.9. The molecule has 0 saturated heterocycles. The van der Waals surface area contributed by atoms with Crippen molar-refractivity contribution < 1.29 is 32.9 Å². The lowest BCUT2D eigenvalue weighted by Gasteiger charge is -2.30. The minimum Gasteiger partial charge on any atom is -0.756 e. The minimum atomic E-state index is -4.57. The van der Waals surface area contributed by atoms with Gasteiger partial charge >= 0.3 is 0 Å². The summed E-state index contributed by atoms with van der Waals surface area (Å²) in [7, 11) is 1.30. The molecule has 0 aromatic rings. The normalized spacial score (nSPS) is 14.5. The molecule has 0 aliphatic heterocycles. The zero-order valence-corrected chi connectivity index (χ0v) is 38.5. The van der Waals surface area contributed by atoms with Crippen molar-refractivity contribution in [3.63, 3.8) is 0 Å². The van der Waals surface area contributed by atoms with Gasteiger partial charge in [0.2, 0.25) is 5.91 Å². The first-order valence-electron chi connectivity index (χ1n) is 23.7. The molecule has 3 atom stereocenters. The van der Waals surface area contributed by atoms with Crippen molar-refractivity contribution in [2.24, 2.45) is 0 Å². The van der Waals surface area contributed by atoms with Crippen LogP contribution >= 0.6 is 7.82 Å². The zero-order chi connectivity index (χ0) is 41.4. The summed E-state index contributed by atoms with van der Waals surface area (Å²) in [4.78, 5) is 25.4. The molecule has 0 aliphatic carbocycles. The van der Waals surface area contributed by atoms with Crippen molar-refractivity contribution in [1.82, 2.24) is 5.32 Å². The van der Waals surface area contributed by atoms with Crippen LogP contribution in [0, 0.1) is 0 Å². The topological polar surface area (TPSA) is 108 Å². The molecule has 0 fully saturated rings. The average molecular weight is 813 g/mol. The van der Waals surface area contributed by atoms with Gasteiger partial charge in [-0.1, -0.05) is 192 Å². The molecule has 0 heterocycles. The van der Waals surface area contributed by atoms with E-state index in [2.05, 4.69) is 43.5 Å². The van der Waals surface area contributed by atoms with Crippen LogP contribution < -0.4 is 10.2 Å². The Labute approximate surface area is 347 Å². The Balaban J connectivity index is 4.34. The van der Waals surface area contributed by atoms with Gasteiger partial charge in [0.25, 0.3) is 7.82 Å². The van der Waals surface area contributed by atoms with Gasteiger partial charge < -0.3 is 28.8 Å². The number of quaternary nitrogens is 1. The van der Waals surface area contributed by atoms with Crippen LogP contribution in [0.3, 0.4) is 0 Å². The van der Waals surface area contributed by atoms with Gasteiger partial charge in [-0.3, -0.25) is 9.36 Å². The first-order chi connectivity index (χ1) is 27.0. The van der Waals surface area contributed by atoms with Crippen molar-refractivity contribution in [3.05, 3.63) is 24.3 Å². The Kier molecular flexibility index (Phi) is 38.7. The molecule has 0 aromatic carbocycles. The first-order valence-corrected chi connectivity index (χ1v) is 25.1. The Bertz CT molecular complexity index is 969. The maximum Gasteiger partial charge on any atom is 0.268 e. The minimum absolute atomic E-state index is 0.00997. The summed E-state index contributed by atoms with van der Waals surface area (Å²) in [6, 6.07) is -0.805. The third kappa shape index (κ3) is 41.2. The molecule has 332 valence electrons. The number of hydrogen-bond acceptors (Lipinski definition) is 6. The molecule has 8 nitrogen and oxygen atoms in total. The standard InChI is InChI=1S/C47H93N2O6P/c1-6-8-10-12-14-16-18-20-22-24-25-26-28-30-32-34-36-38-40-46(50)45(44-55-56(52,53)54-43-42-49(3,4)5)48-47(51)41-39-37-35-33-31-29-27-23-21-19-17-15-13-11-9-7-2/h17,19,23,27,45-46,50H,6-16,18,20-22,24-26,28-44H2,1-5H3,(H-,48,51,52,53)/b19-17-,27-23-. The molecule has 0 bridgehead atoms. The molecule has 0 radical (unpaired) electrons. The van der Waals surface area contributed by atoms with Crippen LogP contribution in [0.25, 0.3) is 0 Å². The molecule has 9 heteroatoms. The number of hydrogen-bond donors (Lipinski definition) is 2. The predicted octanol–water partition coefficient (Wildman–Crippen LogP) is 12.7. The smallest absolute Gasteiger partial charge is 0.268 e. The highest BCUT2D eigenvalue weighted by molar-refractivity contribution is 7.45. The Hall–Kier alpha value is -1.02. The summed E-state index contributed by atoms with van der Waals surface area (Å²) in [6.45, 7) is 4.70. The third-order valence-electron chi connectivity index (χ3n) is 10.7. The summed E-state index contributed by atoms with van der Waals surface area (Å²) in [5.41, 5.74) is 0. The van der Waals surface area contributed by atoms with Crippen LogP contribution in [-0.4, -0.2) is 68.5 Å². The van der Waals surface area contributed by atoms with E-state index in [1.165, 1.54) is 128 Å². The number of nitrogens with zero attached hydrogens (tertiary/aromatic N) is 1. The number of aliphatic hydroxyl groups is 1. The number of allylic oxidation sites excluding steroid dienone is 4. The number of amides is 1. The highest BCUT2D eigenvalue weighted by atomic mass is 31.2. The Morgan fingerprint density at radius 1 is 0.625 bits per heavy atom. The van der Waals surface area contributed by atoms with Gasteiger partial charge in [0, 0.05) is 6.42 Å². The molecule has 56 heavy (non-hydrogen) atoms. The summed E-state index contributed by atoms with van der Waals surface area (Å²) >= 11 is 0. The van der Waals surface area contributed by atoms with E-state index in [1.54, 1.807) is 0 Å². The number of phosphoric acid groups is 1. The van der Waals surface area contributed by atoms with E-state index in [4.69, 9.17) is 9.05 Å². The lowest BCUT2D eigenvalue weighted by atomic mass is 10.0. The van der Waals surface area contributed by atoms with Gasteiger partial charge in [-0.25, -0.2) is 0 Å². The van der Waals surface area contributed by atoms with Gasteiger partial charge in [-0.15, -0.1) is 0 Å². The Morgan fingerprint density at radius 2 is 1.04 bits per heavy atom. The molecular weight excluding hydrogens is 719 g/mol. The highest BCUT2D eigenvalue weighted by Crippen LogP contribution is 2.38. The number of carbonyl (C=O) groups is 1. The largest absolute Gasteiger partial charge is 0.756 e. The van der Waals surface area contributed by atoms with Gasteiger partial charge in [-0.2, -0.15) is 0 Å². The molecule has 0 aliphatic rings. The molecule has 0 spiro atoms. The zero-order valence-electron chi connectivity index (χ0n) is 37.6. The van der Waals surface area contributed by atoms with Crippen molar-refractivity contribution in [1.29, 1.82) is 0 Å². The maximum atomic E-state index is 12.9. The van der Waals surface area contributed by atoms with E-state index < -0.39 is 20.0 Å². The quantitative estimate of drug-likeness (QED) is 0.0275. The first kappa shape index (κ1) is 55.0. The van der Waals surface area contributed by atoms with Crippen molar-refractivity contribution in [2.45, 2.75) is 231 Å². The number of unbranched alkanes of at least 4 members (excludes halogenated alkanes) is 26. The van der Waals surface area contributed by atoms with Crippen LogP contribution in [0.15, 0.2) is 24.3 Å². The molecule has 2 N–H and O–H groups in total. The monoisotopic (exact) mass is 813 g/mol. The number of aliphatic hydroxyl groups excluding tert-OH is 1. The van der Waals surface area contributed by atoms with E-state index in [1.807, 2.05) is 21.1 Å². The summed E-state index contributed by atoms with van der Waals surface area (Å²) in [5.74, 6) is -0.177. The van der Waals surface area contributed by atoms with Crippen molar-refractivity contribution in [3.8, 4) is 0 Å². The molecule has 0 aromatic heterocycles. The summed E-state index contributed by atoms with van der Waals surface area (Å²) in [6.07, 6.45) is 46.0. The second kappa shape index (κ2) is 39.4. The van der Waals surface area contributed by atoms with E-state index in [0.717, 1.165) is 64.2 Å². The fourth-order valence-electron chi connectivity index (χ4n) is 6.89. The predicted molar refractivity (Wildman–Crippen MR) is 238 cm³/mol. The lowest BCUT2D eigenvalue weighted by Crippen LogP contribution is -2.46. The number of rotatable bonds is 43. The second-order valence-electron chi connectivity index (χ2n) is 17.5. The molecule has 0 rings (SSSR count). The summed E-state index contributed by atoms with van der Waals surface area (Å²) < 4.78 is 23.3. The van der Waals surface area contributed by atoms with Crippen LogP contribution in [0.1, 0.15) is 219 Å². The highest BCUT2D eigenvalue weighted by Gasteiger charge is 2.24. The fourth-order valence-corrected chi connectivity index (χ4v) is 7.62. The number of nitrogens with one attached hydrogen (secondary N) is 1. The van der Waals surface area contributed by atoms with Gasteiger partial charge in [-0.05, 0) is 44.9 Å². The van der Waals surface area contributed by atoms with Crippen LogP contribution in [-0.2, 0) is 18.4 Å². The van der Waals surface area contributed by atoms with Gasteiger partial charge in [0.05, 0.1) is 39.9 Å². The summed E-state index contributed by atoms with van der Waals surface area (Å²) in [5, 5.41) is 13.9. The molecular formula is C47H93N2O6P. The molecule has 0 saturated carbocycles. The Morgan fingerprint density at radius 3 is 1.50 bits per heavy atom. The number of likely N-dealkylation sites (N-methyl/N-ethyl adjacent to an activating group) is 1.